The highest BCUT2D eigenvalue weighted by molar-refractivity contribution is 5.99. The lowest BCUT2D eigenvalue weighted by atomic mass is 10.0. The molecule has 1 atom stereocenters. The molecule has 0 aliphatic carbocycles. The summed E-state index contributed by atoms with van der Waals surface area (Å²) >= 11 is 0. The first-order chi connectivity index (χ1) is 18.7. The zero-order chi connectivity index (χ0) is 29.4. The second kappa shape index (κ2) is 10.7. The molecule has 6 nitrogen and oxygen atoms in total. The lowest BCUT2D eigenvalue weighted by Crippen LogP contribution is -2.37. The van der Waals surface area contributed by atoms with Crippen molar-refractivity contribution in [2.24, 2.45) is 7.05 Å². The van der Waals surface area contributed by atoms with Crippen LogP contribution in [-0.4, -0.2) is 27.2 Å². The van der Waals surface area contributed by atoms with Crippen molar-refractivity contribution in [2.45, 2.75) is 51.9 Å². The van der Waals surface area contributed by atoms with Crippen molar-refractivity contribution in [3.63, 3.8) is 0 Å². The fraction of sp³-hybridized carbons (Fsp3) is 0.290. The number of nitrogens with one attached hydrogen (secondary N) is 1. The molecule has 4 rings (SSSR count). The van der Waals surface area contributed by atoms with Gasteiger partial charge < -0.3 is 19.7 Å². The van der Waals surface area contributed by atoms with Crippen molar-refractivity contribution in [1.29, 1.82) is 0 Å². The number of nitrogens with zero attached hydrogens (tertiary/aromatic N) is 1. The second-order valence-corrected chi connectivity index (χ2v) is 10.4. The molecular weight excluding hydrogens is 521 g/mol. The van der Waals surface area contributed by atoms with Crippen LogP contribution in [0.3, 0.4) is 0 Å². The monoisotopic (exact) mass is 552 g/mol. The number of ether oxygens (including phenoxy) is 1. The van der Waals surface area contributed by atoms with Gasteiger partial charge in [-0.15, -0.1) is 0 Å². The Kier molecular flexibility index (Phi) is 7.70. The van der Waals surface area contributed by atoms with Crippen LogP contribution in [0.5, 0.6) is 5.75 Å². The molecule has 0 spiro atoms. The minimum Gasteiger partial charge on any atom is -0.478 e. The molecule has 2 N–H and O–H groups in total. The molecule has 210 valence electrons. The third-order valence-corrected chi connectivity index (χ3v) is 7.14. The van der Waals surface area contributed by atoms with Gasteiger partial charge in [0.05, 0.1) is 11.6 Å². The van der Waals surface area contributed by atoms with Gasteiger partial charge in [-0.25, -0.2) is 4.79 Å². The lowest BCUT2D eigenvalue weighted by Gasteiger charge is -2.21. The maximum atomic E-state index is 13.1. The number of carbonyl (C=O) groups is 2. The SMILES string of the molecule is Cc1c(Cc2ccc(OC(C)(C)C(=O)O)cc2)c2ccc(C(=O)N[C@@H](C)c3cccc(C(F)(F)F)c3)cc2n1C. The average Bonchev–Trinajstić information content (AvgIpc) is 3.13. The molecule has 0 saturated heterocycles. The smallest absolute Gasteiger partial charge is 0.416 e. The van der Waals surface area contributed by atoms with Crippen LogP contribution in [0.2, 0.25) is 0 Å². The van der Waals surface area contributed by atoms with Crippen molar-refractivity contribution >= 4 is 22.8 Å². The van der Waals surface area contributed by atoms with Crippen LogP contribution in [0, 0.1) is 6.92 Å². The lowest BCUT2D eigenvalue weighted by molar-refractivity contribution is -0.152. The van der Waals surface area contributed by atoms with E-state index in [1.807, 2.05) is 36.7 Å². The molecular formula is C31H31F3N2O4. The van der Waals surface area contributed by atoms with Gasteiger partial charge in [-0.2, -0.15) is 13.2 Å². The number of carboxylic acids is 1. The van der Waals surface area contributed by atoms with Crippen LogP contribution in [0.15, 0.2) is 66.7 Å². The molecule has 9 heteroatoms. The summed E-state index contributed by atoms with van der Waals surface area (Å²) in [6.07, 6.45) is -3.84. The summed E-state index contributed by atoms with van der Waals surface area (Å²) in [6.45, 7) is 6.62. The number of aromatic nitrogens is 1. The number of rotatable bonds is 8. The van der Waals surface area contributed by atoms with Crippen LogP contribution < -0.4 is 10.1 Å². The molecule has 1 amide bonds. The van der Waals surface area contributed by atoms with Gasteiger partial charge in [-0.1, -0.05) is 30.3 Å². The first-order valence-electron chi connectivity index (χ1n) is 12.7. The van der Waals surface area contributed by atoms with Gasteiger partial charge in [-0.05, 0) is 87.2 Å². The number of hydrogen-bond acceptors (Lipinski definition) is 3. The molecule has 3 aromatic carbocycles. The number of carbonyl (C=O) groups excluding carboxylic acids is 1. The topological polar surface area (TPSA) is 80.6 Å². The number of alkyl halides is 3. The highest BCUT2D eigenvalue weighted by Gasteiger charge is 2.31. The van der Waals surface area contributed by atoms with E-state index in [0.29, 0.717) is 23.3 Å². The minimum atomic E-state index is -4.46. The van der Waals surface area contributed by atoms with E-state index in [-0.39, 0.29) is 5.91 Å². The third-order valence-electron chi connectivity index (χ3n) is 7.14. The Morgan fingerprint density at radius 2 is 1.70 bits per heavy atom. The maximum absolute atomic E-state index is 13.1. The van der Waals surface area contributed by atoms with Gasteiger partial charge in [0, 0.05) is 29.2 Å². The number of aryl methyl sites for hydroxylation is 1. The number of halogens is 3. The van der Waals surface area contributed by atoms with E-state index in [1.165, 1.54) is 19.9 Å². The van der Waals surface area contributed by atoms with E-state index in [4.69, 9.17) is 4.74 Å². The Morgan fingerprint density at radius 1 is 1.02 bits per heavy atom. The minimum absolute atomic E-state index is 0.365. The Morgan fingerprint density at radius 3 is 2.33 bits per heavy atom. The predicted octanol–water partition coefficient (Wildman–Crippen LogP) is 6.83. The van der Waals surface area contributed by atoms with Crippen molar-refractivity contribution in [1.82, 2.24) is 9.88 Å². The largest absolute Gasteiger partial charge is 0.478 e. The van der Waals surface area contributed by atoms with E-state index in [2.05, 4.69) is 5.32 Å². The normalized spacial score (nSPS) is 12.8. The zero-order valence-corrected chi connectivity index (χ0v) is 22.9. The van der Waals surface area contributed by atoms with Gasteiger partial charge >= 0.3 is 12.1 Å². The van der Waals surface area contributed by atoms with Crippen LogP contribution in [0.1, 0.15) is 65.1 Å². The molecule has 0 aliphatic rings. The molecule has 0 radical (unpaired) electrons. The van der Waals surface area contributed by atoms with Crippen molar-refractivity contribution in [3.05, 3.63) is 100 Å². The summed E-state index contributed by atoms with van der Waals surface area (Å²) in [6, 6.07) is 17.0. The molecule has 0 unspecified atom stereocenters. The molecule has 40 heavy (non-hydrogen) atoms. The summed E-state index contributed by atoms with van der Waals surface area (Å²) < 4.78 is 46.9. The summed E-state index contributed by atoms with van der Waals surface area (Å²) in [4.78, 5) is 24.4. The fourth-order valence-corrected chi connectivity index (χ4v) is 4.57. The standard InChI is InChI=1S/C31H31F3N2O4/c1-18(21-7-6-8-23(16-21)31(32,33)34)35-28(37)22-11-14-25-26(19(2)36(5)27(25)17-22)15-20-9-12-24(13-10-20)40-30(3,4)29(38)39/h6-14,16-18H,15H2,1-5H3,(H,35,37)(H,38,39)/t18-/m0/s1. The first kappa shape index (κ1) is 28.7. The number of amides is 1. The molecule has 0 bridgehead atoms. The number of fused-ring (bicyclic) bond motifs is 1. The van der Waals surface area contributed by atoms with Crippen molar-refractivity contribution < 1.29 is 32.6 Å². The summed E-state index contributed by atoms with van der Waals surface area (Å²) in [7, 11) is 1.92. The molecule has 0 aliphatic heterocycles. The molecule has 0 saturated carbocycles. The average molecular weight is 553 g/mol. The van der Waals surface area contributed by atoms with E-state index in [1.54, 1.807) is 37.3 Å². The summed E-state index contributed by atoms with van der Waals surface area (Å²) in [5.74, 6) is -0.978. The molecule has 1 aromatic heterocycles. The fourth-order valence-electron chi connectivity index (χ4n) is 4.57. The Balaban J connectivity index is 1.53. The van der Waals surface area contributed by atoms with E-state index < -0.39 is 29.4 Å². The summed E-state index contributed by atoms with van der Waals surface area (Å²) in [5.41, 5.74) is 2.64. The van der Waals surface area contributed by atoms with Gasteiger partial charge in [-0.3, -0.25) is 4.79 Å². The highest BCUT2D eigenvalue weighted by atomic mass is 19.4. The Bertz CT molecular complexity index is 1570. The molecule has 1 heterocycles. The highest BCUT2D eigenvalue weighted by Crippen LogP contribution is 2.32. The van der Waals surface area contributed by atoms with Crippen LogP contribution >= 0.6 is 0 Å². The number of benzene rings is 3. The number of hydrogen-bond donors (Lipinski definition) is 2. The number of aliphatic carboxylic acids is 1. The Hall–Kier alpha value is -4.27. The van der Waals surface area contributed by atoms with Crippen LogP contribution in [0.4, 0.5) is 13.2 Å². The number of carboxylic acid groups (broad SMARTS) is 1. The maximum Gasteiger partial charge on any atom is 0.416 e. The van der Waals surface area contributed by atoms with Crippen molar-refractivity contribution in [3.8, 4) is 5.75 Å². The van der Waals surface area contributed by atoms with Gasteiger partial charge in [0.15, 0.2) is 5.60 Å². The van der Waals surface area contributed by atoms with Crippen LogP contribution in [0.25, 0.3) is 10.9 Å². The summed E-state index contributed by atoms with van der Waals surface area (Å²) in [5, 5.41) is 13.1. The van der Waals surface area contributed by atoms with E-state index in [9.17, 15) is 27.9 Å². The third kappa shape index (κ3) is 5.98. The Labute approximate surface area is 230 Å². The van der Waals surface area contributed by atoms with E-state index in [0.717, 1.165) is 39.9 Å². The van der Waals surface area contributed by atoms with Gasteiger partial charge in [0.2, 0.25) is 0 Å². The molecule has 4 aromatic rings. The van der Waals surface area contributed by atoms with Crippen molar-refractivity contribution in [2.75, 3.05) is 0 Å². The zero-order valence-electron chi connectivity index (χ0n) is 22.9. The molecule has 0 fully saturated rings. The van der Waals surface area contributed by atoms with E-state index >= 15 is 0 Å². The van der Waals surface area contributed by atoms with Crippen LogP contribution in [-0.2, 0) is 24.4 Å². The second-order valence-electron chi connectivity index (χ2n) is 10.4. The van der Waals surface area contributed by atoms with Gasteiger partial charge in [0.1, 0.15) is 5.75 Å². The first-order valence-corrected chi connectivity index (χ1v) is 12.7. The predicted molar refractivity (Wildman–Crippen MR) is 147 cm³/mol. The quantitative estimate of drug-likeness (QED) is 0.251. The van der Waals surface area contributed by atoms with Gasteiger partial charge in [0.25, 0.3) is 5.91 Å².